The Labute approximate surface area is 473 Å². The van der Waals surface area contributed by atoms with Crippen LogP contribution < -0.4 is 31.3 Å². The second kappa shape index (κ2) is 26.5. The monoisotopic (exact) mass is 1130 g/mol. The molecule has 4 aromatic carbocycles. The summed E-state index contributed by atoms with van der Waals surface area (Å²) in [7, 11) is 0. The van der Waals surface area contributed by atoms with E-state index in [2.05, 4.69) is 20.9 Å². The minimum absolute atomic E-state index is 0.0369. The highest BCUT2D eigenvalue weighted by atomic mass is 16.5. The average molecular weight is 1130 g/mol. The molecule has 8 atom stereocenters. The van der Waals surface area contributed by atoms with Crippen LogP contribution in [0.1, 0.15) is 116 Å². The zero-order valence-corrected chi connectivity index (χ0v) is 46.1. The Hall–Kier alpha value is -8.27. The number of primary amides is 1. The molecule has 1 saturated carbocycles. The van der Waals surface area contributed by atoms with Gasteiger partial charge >= 0.3 is 12.0 Å². The van der Waals surface area contributed by atoms with Crippen LogP contribution in [0.25, 0.3) is 21.7 Å². The molecule has 434 valence electrons. The fourth-order valence-corrected chi connectivity index (χ4v) is 11.3. The molecule has 82 heavy (non-hydrogen) atoms. The van der Waals surface area contributed by atoms with Crippen LogP contribution in [0.2, 0.25) is 0 Å². The fourth-order valence-electron chi connectivity index (χ4n) is 11.3. The normalized spacial score (nSPS) is 20.2. The predicted molar refractivity (Wildman–Crippen MR) is 303 cm³/mol. The van der Waals surface area contributed by atoms with Crippen molar-refractivity contribution in [3.05, 3.63) is 119 Å². The van der Waals surface area contributed by atoms with Gasteiger partial charge in [-0.2, -0.15) is 0 Å². The van der Waals surface area contributed by atoms with Gasteiger partial charge in [0, 0.05) is 104 Å². The molecular formula is C61H71N7O14. The number of anilines is 1. The number of carbonyl (C=O) groups excluding carboxylic acids is 8. The lowest BCUT2D eigenvalue weighted by Gasteiger charge is -2.38. The molecule has 5 aromatic rings. The van der Waals surface area contributed by atoms with Crippen LogP contribution in [0.15, 0.2) is 91.0 Å². The number of nitrogens with two attached hydrogens (primary N) is 1. The molecule has 3 unspecified atom stereocenters. The fraction of sp³-hybridized carbons (Fsp3) is 0.426. The Kier molecular flexibility index (Phi) is 19.4. The van der Waals surface area contributed by atoms with Crippen molar-refractivity contribution >= 4 is 80.5 Å². The highest BCUT2D eigenvalue weighted by Gasteiger charge is 2.47. The van der Waals surface area contributed by atoms with E-state index in [4.69, 9.17) is 10.5 Å². The van der Waals surface area contributed by atoms with Gasteiger partial charge < -0.3 is 56.7 Å². The number of H-pyrrole nitrogens is 1. The number of Topliss-reactive ketones (excluding diaryl/α,β-unsaturated/α-hetero) is 2. The number of fused-ring (bicyclic) bond motifs is 4. The first-order chi connectivity index (χ1) is 39.2. The number of urea groups is 1. The van der Waals surface area contributed by atoms with Crippen LogP contribution in [0.3, 0.4) is 0 Å². The van der Waals surface area contributed by atoms with Gasteiger partial charge in [0.05, 0.1) is 23.8 Å². The van der Waals surface area contributed by atoms with E-state index in [1.165, 1.54) is 12.2 Å². The lowest BCUT2D eigenvalue weighted by Crippen LogP contribution is -2.57. The lowest BCUT2D eigenvalue weighted by molar-refractivity contribution is -0.174. The van der Waals surface area contributed by atoms with Gasteiger partial charge in [-0.25, -0.2) is 4.79 Å². The Morgan fingerprint density at radius 1 is 0.793 bits per heavy atom. The molecule has 8 rings (SSSR count). The molecule has 3 heterocycles. The number of aromatic nitrogens is 1. The molecule has 0 radical (unpaired) electrons. The largest absolute Gasteiger partial charge is 0.487 e. The summed E-state index contributed by atoms with van der Waals surface area (Å²) in [5, 5.41) is 52.1. The van der Waals surface area contributed by atoms with Crippen molar-refractivity contribution in [3.8, 4) is 5.75 Å². The minimum Gasteiger partial charge on any atom is -0.487 e. The van der Waals surface area contributed by atoms with Gasteiger partial charge in [-0.3, -0.25) is 43.3 Å². The minimum atomic E-state index is -1.76. The molecule has 7 amide bonds. The van der Waals surface area contributed by atoms with Crippen LogP contribution in [-0.4, -0.2) is 140 Å². The number of hydrogen-bond acceptors (Lipinski definition) is 13. The smallest absolute Gasteiger partial charge is 0.312 e. The molecule has 0 spiro atoms. The first-order valence-electron chi connectivity index (χ1n) is 27.9. The van der Waals surface area contributed by atoms with Crippen LogP contribution in [-0.2, 0) is 41.6 Å². The van der Waals surface area contributed by atoms with Crippen LogP contribution in [0.4, 0.5) is 10.5 Å². The Bertz CT molecular complexity index is 3260. The number of aromatic amines is 1. The summed E-state index contributed by atoms with van der Waals surface area (Å²) < 4.78 is 6.32. The number of nitrogens with zero attached hydrogens (tertiary/aromatic N) is 2. The highest BCUT2D eigenvalue weighted by Crippen LogP contribution is 2.47. The maximum atomic E-state index is 14.6. The molecule has 1 aliphatic carbocycles. The van der Waals surface area contributed by atoms with Crippen LogP contribution >= 0.6 is 0 Å². The van der Waals surface area contributed by atoms with Gasteiger partial charge in [-0.15, -0.1) is 0 Å². The molecule has 0 bridgehead atoms. The van der Waals surface area contributed by atoms with Gasteiger partial charge in [0.1, 0.15) is 29.8 Å². The zero-order valence-electron chi connectivity index (χ0n) is 46.1. The number of imide groups is 1. The molecule has 0 saturated heterocycles. The molecule has 3 aliphatic rings. The average Bonchev–Trinajstić information content (AvgIpc) is 2.63. The van der Waals surface area contributed by atoms with Crippen LogP contribution in [0, 0.1) is 17.8 Å². The number of benzene rings is 4. The zero-order chi connectivity index (χ0) is 58.9. The summed E-state index contributed by atoms with van der Waals surface area (Å²) >= 11 is 0. The number of ketones is 2. The Morgan fingerprint density at radius 2 is 1.48 bits per heavy atom. The quantitative estimate of drug-likeness (QED) is 0.0205. The first-order valence-corrected chi connectivity index (χ1v) is 27.9. The highest BCUT2D eigenvalue weighted by molar-refractivity contribution is 6.13. The number of aliphatic carboxylic acids is 1. The number of ether oxygens (including phenoxy) is 1. The number of carbonyl (C=O) groups is 9. The van der Waals surface area contributed by atoms with Gasteiger partial charge in [0.15, 0.2) is 11.6 Å². The maximum absolute atomic E-state index is 14.6. The van der Waals surface area contributed by atoms with Gasteiger partial charge in [-0.05, 0) is 84.7 Å². The van der Waals surface area contributed by atoms with E-state index in [-0.39, 0.29) is 92.1 Å². The number of carboxylic acids is 1. The van der Waals surface area contributed by atoms with Crippen molar-refractivity contribution in [2.45, 2.75) is 121 Å². The summed E-state index contributed by atoms with van der Waals surface area (Å²) in [6.07, 6.45) is -1.47. The predicted octanol–water partition coefficient (Wildman–Crippen LogP) is 4.75. The molecule has 10 N–H and O–H groups in total. The van der Waals surface area contributed by atoms with E-state index < -0.39 is 66.1 Å². The van der Waals surface area contributed by atoms with E-state index in [1.54, 1.807) is 53.4 Å². The van der Waals surface area contributed by atoms with E-state index in [0.717, 1.165) is 15.8 Å². The van der Waals surface area contributed by atoms with Crippen molar-refractivity contribution in [2.24, 2.45) is 23.5 Å². The van der Waals surface area contributed by atoms with Crippen molar-refractivity contribution in [1.29, 1.82) is 0 Å². The molecule has 21 heteroatoms. The standard InChI is InChI=1S/C61H71N7O14/c1-4-36-32-68(46-31-49(40-10-5-6-11-41(40)54(36)46)82-50-30-42(60(79)80)55(74)57(76)56(50)75)59(78)45-29-38-26-35(17-20-43(38)65-45)28-47(69)37-18-15-34(16-19-37)27-48(70)44(13-8-24-64-61(62)81)66-58(77)39(33(2)3)12-7-23-63-51(71)14-9-25-67-52(72)21-22-53(67)73/h5-6,10-11,15-22,26,29,31,33,36,39,42,44,50,55-57,65,74-76H,4,7-9,12-14,23-25,27-28,30,32H2,1-3H3,(H,63,71)(H,66,77)(H,79,80)(H3,62,64,81)/t36-,39+,42+,44+,50?,55?,56?,57+/m1/s1. The first kappa shape index (κ1) is 59.8. The van der Waals surface area contributed by atoms with E-state index in [9.17, 15) is 63.6 Å². The summed E-state index contributed by atoms with van der Waals surface area (Å²) in [6, 6.07) is 21.4. The van der Waals surface area contributed by atoms with Crippen molar-refractivity contribution < 1.29 is 68.3 Å². The third-order valence-corrected chi connectivity index (χ3v) is 15.9. The summed E-state index contributed by atoms with van der Waals surface area (Å²) in [5.41, 5.74) is 9.47. The van der Waals surface area contributed by atoms with E-state index >= 15 is 0 Å². The molecule has 1 aromatic heterocycles. The summed E-state index contributed by atoms with van der Waals surface area (Å²) in [6.45, 7) is 6.82. The second-order valence-corrected chi connectivity index (χ2v) is 21.8. The van der Waals surface area contributed by atoms with Crippen molar-refractivity contribution in [3.63, 3.8) is 0 Å². The molecule has 2 aliphatic heterocycles. The van der Waals surface area contributed by atoms with Gasteiger partial charge in [0.2, 0.25) is 11.8 Å². The number of rotatable bonds is 26. The number of aliphatic hydroxyl groups excluding tert-OH is 3. The second-order valence-electron chi connectivity index (χ2n) is 21.8. The third-order valence-electron chi connectivity index (χ3n) is 15.9. The van der Waals surface area contributed by atoms with Crippen LogP contribution in [0.5, 0.6) is 5.75 Å². The lowest BCUT2D eigenvalue weighted by atomic mass is 9.80. The van der Waals surface area contributed by atoms with E-state index in [1.807, 2.05) is 51.1 Å². The van der Waals surface area contributed by atoms with Gasteiger partial charge in [-0.1, -0.05) is 75.4 Å². The number of nitrogens with one attached hydrogen (secondary N) is 4. The molecular weight excluding hydrogens is 1050 g/mol. The maximum Gasteiger partial charge on any atom is 0.312 e. The van der Waals surface area contributed by atoms with Gasteiger partial charge in [0.25, 0.3) is 17.7 Å². The summed E-state index contributed by atoms with van der Waals surface area (Å²) in [5.74, 6) is -5.20. The number of carboxylic acid groups (broad SMARTS) is 1. The number of amides is 7. The number of hydrogen-bond donors (Lipinski definition) is 9. The third kappa shape index (κ3) is 13.9. The topological polar surface area (TPSA) is 328 Å². The Balaban J connectivity index is 0.885. The molecule has 1 fully saturated rings. The van der Waals surface area contributed by atoms with Crippen molar-refractivity contribution in [1.82, 2.24) is 25.8 Å². The van der Waals surface area contributed by atoms with Crippen molar-refractivity contribution in [2.75, 3.05) is 31.1 Å². The SMILES string of the molecule is CC[C@@H]1CN(C(=O)c2cc3cc(CC(=O)c4ccc(CC(=O)[C@H](CCCNC(N)=O)NC(=O)[C@@H](CCCNC(=O)CCCN5C(=O)C=CC5=O)C(C)C)cc4)ccc3[nH]2)c2cc(OC3C[C@H](C(=O)O)C(O)[C@H](O)C3O)c3ccccc3c21. The molecule has 21 nitrogen and oxygen atoms in total. The van der Waals surface area contributed by atoms with E-state index in [0.29, 0.717) is 89.6 Å². The summed E-state index contributed by atoms with van der Waals surface area (Å²) in [4.78, 5) is 121. The number of aliphatic hydroxyl groups is 3. The Morgan fingerprint density at radius 3 is 2.16 bits per heavy atom.